The largest absolute Gasteiger partial charge is 0.435 e. The molecule has 1 aliphatic rings. The second kappa shape index (κ2) is 5.96. The third-order valence-electron chi connectivity index (χ3n) is 3.88. The molecule has 7 heteroatoms. The van der Waals surface area contributed by atoms with Crippen molar-refractivity contribution in [1.82, 2.24) is 10.3 Å². The van der Waals surface area contributed by atoms with Crippen LogP contribution in [0, 0.1) is 6.92 Å². The third kappa shape index (κ3) is 3.24. The van der Waals surface area contributed by atoms with E-state index in [2.05, 4.69) is 10.3 Å². The number of rotatable bonds is 2. The van der Waals surface area contributed by atoms with E-state index >= 15 is 0 Å². The standard InChI is InChI=1S/C16H15F3N2OS/c1-9-20-14(16(17,18)19)13(23-9)15(22)21-12-8-4-6-10-5-2-3-7-11(10)12/h2-3,5,7,12H,4,6,8H2,1H3,(H,21,22)/t12-/m1/s1. The van der Waals surface area contributed by atoms with Gasteiger partial charge < -0.3 is 5.32 Å². The number of hydrogen-bond donors (Lipinski definition) is 1. The summed E-state index contributed by atoms with van der Waals surface area (Å²) in [6.45, 7) is 1.46. The zero-order chi connectivity index (χ0) is 16.6. The number of benzene rings is 1. The lowest BCUT2D eigenvalue weighted by molar-refractivity contribution is -0.141. The molecule has 1 amide bonds. The number of alkyl halides is 3. The molecule has 1 aromatic heterocycles. The smallest absolute Gasteiger partial charge is 0.344 e. The van der Waals surface area contributed by atoms with Crippen LogP contribution in [-0.4, -0.2) is 10.9 Å². The number of carbonyl (C=O) groups is 1. The summed E-state index contributed by atoms with van der Waals surface area (Å²) < 4.78 is 39.0. The molecule has 0 saturated heterocycles. The maximum absolute atomic E-state index is 13.0. The maximum atomic E-state index is 13.0. The molecule has 23 heavy (non-hydrogen) atoms. The van der Waals surface area contributed by atoms with E-state index in [0.29, 0.717) is 0 Å². The molecule has 0 spiro atoms. The highest BCUT2D eigenvalue weighted by atomic mass is 32.1. The number of amides is 1. The summed E-state index contributed by atoms with van der Waals surface area (Å²) in [6.07, 6.45) is -2.07. The number of aryl methyl sites for hydroxylation is 2. The topological polar surface area (TPSA) is 42.0 Å². The second-order valence-corrected chi connectivity index (χ2v) is 6.73. The Bertz CT molecular complexity index is 739. The van der Waals surface area contributed by atoms with Gasteiger partial charge in [0.1, 0.15) is 4.88 Å². The first-order valence-corrected chi connectivity index (χ1v) is 8.11. The van der Waals surface area contributed by atoms with E-state index in [1.165, 1.54) is 6.92 Å². The van der Waals surface area contributed by atoms with E-state index in [-0.39, 0.29) is 15.9 Å². The van der Waals surface area contributed by atoms with Crippen LogP contribution in [0.2, 0.25) is 0 Å². The normalized spacial score (nSPS) is 17.7. The average Bonchev–Trinajstić information content (AvgIpc) is 2.90. The van der Waals surface area contributed by atoms with Gasteiger partial charge in [-0.1, -0.05) is 24.3 Å². The van der Waals surface area contributed by atoms with Gasteiger partial charge in [0.25, 0.3) is 5.91 Å². The Morgan fingerprint density at radius 2 is 2.09 bits per heavy atom. The summed E-state index contributed by atoms with van der Waals surface area (Å²) >= 11 is 0.776. The van der Waals surface area contributed by atoms with Crippen LogP contribution in [-0.2, 0) is 12.6 Å². The molecule has 1 atom stereocenters. The molecule has 1 heterocycles. The Labute approximate surface area is 135 Å². The first-order chi connectivity index (χ1) is 10.9. The van der Waals surface area contributed by atoms with E-state index in [1.807, 2.05) is 24.3 Å². The van der Waals surface area contributed by atoms with Crippen molar-refractivity contribution in [2.45, 2.75) is 38.4 Å². The van der Waals surface area contributed by atoms with Crippen LogP contribution in [0.4, 0.5) is 13.2 Å². The quantitative estimate of drug-likeness (QED) is 0.887. The fraction of sp³-hybridized carbons (Fsp3) is 0.375. The first-order valence-electron chi connectivity index (χ1n) is 7.29. The molecule has 3 nitrogen and oxygen atoms in total. The predicted octanol–water partition coefficient (Wildman–Crippen LogP) is 4.28. The van der Waals surface area contributed by atoms with Crippen LogP contribution in [0.15, 0.2) is 24.3 Å². The minimum atomic E-state index is -4.62. The Kier molecular flexibility index (Phi) is 4.14. The molecule has 0 bridgehead atoms. The molecule has 0 saturated carbocycles. The van der Waals surface area contributed by atoms with E-state index in [0.717, 1.165) is 41.7 Å². The number of fused-ring (bicyclic) bond motifs is 1. The summed E-state index contributed by atoms with van der Waals surface area (Å²) in [5, 5.41) is 2.98. The van der Waals surface area contributed by atoms with Crippen molar-refractivity contribution in [2.75, 3.05) is 0 Å². The maximum Gasteiger partial charge on any atom is 0.435 e. The Balaban J connectivity index is 1.87. The molecule has 1 aromatic carbocycles. The fourth-order valence-electron chi connectivity index (χ4n) is 2.90. The Morgan fingerprint density at radius 1 is 1.35 bits per heavy atom. The predicted molar refractivity (Wildman–Crippen MR) is 81.4 cm³/mol. The zero-order valence-corrected chi connectivity index (χ0v) is 13.2. The number of hydrogen-bond acceptors (Lipinski definition) is 3. The van der Waals surface area contributed by atoms with Crippen molar-refractivity contribution >= 4 is 17.2 Å². The molecule has 0 fully saturated rings. The van der Waals surface area contributed by atoms with Crippen LogP contribution in [0.5, 0.6) is 0 Å². The van der Waals surface area contributed by atoms with Crippen LogP contribution in [0.25, 0.3) is 0 Å². The summed E-state index contributed by atoms with van der Waals surface area (Å²) in [7, 11) is 0. The fourth-order valence-corrected chi connectivity index (χ4v) is 3.74. The van der Waals surface area contributed by atoms with Gasteiger partial charge in [0.15, 0.2) is 5.69 Å². The lowest BCUT2D eigenvalue weighted by Crippen LogP contribution is -2.31. The molecule has 0 radical (unpaired) electrons. The number of carbonyl (C=O) groups excluding carboxylic acids is 1. The van der Waals surface area contributed by atoms with E-state index in [9.17, 15) is 18.0 Å². The van der Waals surface area contributed by atoms with Gasteiger partial charge >= 0.3 is 6.18 Å². The van der Waals surface area contributed by atoms with Crippen molar-refractivity contribution in [1.29, 1.82) is 0 Å². The minimum absolute atomic E-state index is 0.228. The van der Waals surface area contributed by atoms with Crippen LogP contribution in [0.1, 0.15) is 50.4 Å². The molecule has 122 valence electrons. The van der Waals surface area contributed by atoms with Crippen molar-refractivity contribution in [2.24, 2.45) is 0 Å². The number of nitrogens with one attached hydrogen (secondary N) is 1. The van der Waals surface area contributed by atoms with Gasteiger partial charge in [-0.25, -0.2) is 4.98 Å². The van der Waals surface area contributed by atoms with Gasteiger partial charge in [0.2, 0.25) is 0 Å². The Hall–Kier alpha value is -1.89. The van der Waals surface area contributed by atoms with Crippen LogP contribution >= 0.6 is 11.3 Å². The summed E-state index contributed by atoms with van der Waals surface area (Å²) in [5.74, 6) is -0.704. The number of nitrogens with zero attached hydrogens (tertiary/aromatic N) is 1. The molecule has 1 N–H and O–H groups in total. The van der Waals surface area contributed by atoms with Gasteiger partial charge in [0.05, 0.1) is 11.0 Å². The van der Waals surface area contributed by atoms with Gasteiger partial charge in [-0.05, 0) is 37.3 Å². The van der Waals surface area contributed by atoms with Gasteiger partial charge in [-0.15, -0.1) is 11.3 Å². The van der Waals surface area contributed by atoms with Crippen molar-refractivity contribution in [3.63, 3.8) is 0 Å². The van der Waals surface area contributed by atoms with Crippen molar-refractivity contribution < 1.29 is 18.0 Å². The van der Waals surface area contributed by atoms with E-state index < -0.39 is 17.8 Å². The third-order valence-corrected chi connectivity index (χ3v) is 4.85. The SMILES string of the molecule is Cc1nc(C(F)(F)F)c(C(=O)N[C@@H]2CCCc3ccccc32)s1. The molecule has 2 aromatic rings. The highest BCUT2D eigenvalue weighted by Crippen LogP contribution is 2.35. The molecule has 3 rings (SSSR count). The monoisotopic (exact) mass is 340 g/mol. The molecule has 0 unspecified atom stereocenters. The number of thiazole rings is 1. The van der Waals surface area contributed by atoms with E-state index in [1.54, 1.807) is 0 Å². The number of aromatic nitrogens is 1. The first kappa shape index (κ1) is 16.0. The van der Waals surface area contributed by atoms with Crippen molar-refractivity contribution in [3.8, 4) is 0 Å². The van der Waals surface area contributed by atoms with Crippen LogP contribution in [0.3, 0.4) is 0 Å². The second-order valence-electron chi connectivity index (χ2n) is 5.53. The number of halogens is 3. The summed E-state index contributed by atoms with van der Waals surface area (Å²) in [6, 6.07) is 7.46. The Morgan fingerprint density at radius 3 is 2.83 bits per heavy atom. The van der Waals surface area contributed by atoms with Gasteiger partial charge in [0, 0.05) is 0 Å². The minimum Gasteiger partial charge on any atom is -0.344 e. The molecule has 1 aliphatic carbocycles. The molecular weight excluding hydrogens is 325 g/mol. The zero-order valence-electron chi connectivity index (χ0n) is 12.4. The molecule has 0 aliphatic heterocycles. The lowest BCUT2D eigenvalue weighted by atomic mass is 9.88. The van der Waals surface area contributed by atoms with Crippen LogP contribution < -0.4 is 5.32 Å². The van der Waals surface area contributed by atoms with E-state index in [4.69, 9.17) is 0 Å². The van der Waals surface area contributed by atoms with Crippen molar-refractivity contribution in [3.05, 3.63) is 51.0 Å². The summed E-state index contributed by atoms with van der Waals surface area (Å²) in [5.41, 5.74) is 1.03. The van der Waals surface area contributed by atoms with Gasteiger partial charge in [-0.2, -0.15) is 13.2 Å². The molecular formula is C16H15F3N2OS. The highest BCUT2D eigenvalue weighted by molar-refractivity contribution is 7.13. The van der Waals surface area contributed by atoms with Gasteiger partial charge in [-0.3, -0.25) is 4.79 Å². The highest BCUT2D eigenvalue weighted by Gasteiger charge is 2.39. The summed E-state index contributed by atoms with van der Waals surface area (Å²) in [4.78, 5) is 15.5. The average molecular weight is 340 g/mol. The lowest BCUT2D eigenvalue weighted by Gasteiger charge is -2.26.